The largest absolute Gasteiger partial charge is 0.361 e. The van der Waals surface area contributed by atoms with Crippen LogP contribution in [0.15, 0.2) is 60.8 Å². The zero-order valence-corrected chi connectivity index (χ0v) is 17.7. The molecule has 1 aliphatic carbocycles. The first kappa shape index (κ1) is 20.1. The molecule has 0 saturated carbocycles. The SMILES string of the molecule is O=C(Cc1c[nH]c2ccccc12)NNC(=O)c1nn(-c2ccccc2)c2c1CCCCC2. The molecule has 0 bridgehead atoms. The summed E-state index contributed by atoms with van der Waals surface area (Å²) < 4.78 is 1.88. The summed E-state index contributed by atoms with van der Waals surface area (Å²) in [5, 5.41) is 5.65. The van der Waals surface area contributed by atoms with Crippen molar-refractivity contribution in [3.63, 3.8) is 0 Å². The van der Waals surface area contributed by atoms with E-state index in [4.69, 9.17) is 0 Å². The maximum Gasteiger partial charge on any atom is 0.290 e. The Bertz CT molecular complexity index is 1270. The van der Waals surface area contributed by atoms with Crippen molar-refractivity contribution in [3.8, 4) is 5.69 Å². The lowest BCUT2D eigenvalue weighted by Crippen LogP contribution is -2.42. The summed E-state index contributed by atoms with van der Waals surface area (Å²) in [5.74, 6) is -0.665. The highest BCUT2D eigenvalue weighted by molar-refractivity contribution is 5.96. The second kappa shape index (κ2) is 8.70. The summed E-state index contributed by atoms with van der Waals surface area (Å²) in [6.45, 7) is 0. The number of hydrazine groups is 1. The van der Waals surface area contributed by atoms with Crippen molar-refractivity contribution in [2.24, 2.45) is 0 Å². The van der Waals surface area contributed by atoms with Gasteiger partial charge in [0, 0.05) is 28.4 Å². The monoisotopic (exact) mass is 427 g/mol. The number of fused-ring (bicyclic) bond motifs is 2. The molecule has 0 atom stereocenters. The van der Waals surface area contributed by atoms with Crippen molar-refractivity contribution in [1.82, 2.24) is 25.6 Å². The standard InChI is InChI=1S/C25H25N5O2/c31-23(15-17-16-26-21-13-8-7-11-19(17)21)27-28-25(32)24-20-12-5-2-6-14-22(20)30(29-24)18-9-3-1-4-10-18/h1,3-4,7-11,13,16,26H,2,5-6,12,14-15H2,(H,27,31)(H,28,32). The van der Waals surface area contributed by atoms with E-state index in [-0.39, 0.29) is 18.2 Å². The lowest BCUT2D eigenvalue weighted by atomic mass is 10.1. The Morgan fingerprint density at radius 3 is 2.59 bits per heavy atom. The smallest absolute Gasteiger partial charge is 0.290 e. The molecule has 7 nitrogen and oxygen atoms in total. The predicted octanol–water partition coefficient (Wildman–Crippen LogP) is 3.63. The minimum absolute atomic E-state index is 0.168. The molecule has 162 valence electrons. The zero-order valence-electron chi connectivity index (χ0n) is 17.7. The number of benzene rings is 2. The van der Waals surface area contributed by atoms with E-state index < -0.39 is 0 Å². The summed E-state index contributed by atoms with van der Waals surface area (Å²) in [7, 11) is 0. The highest BCUT2D eigenvalue weighted by atomic mass is 16.2. The van der Waals surface area contributed by atoms with E-state index in [1.807, 2.05) is 65.5 Å². The quantitative estimate of drug-likeness (QED) is 0.343. The van der Waals surface area contributed by atoms with Crippen LogP contribution in [0.5, 0.6) is 0 Å². The van der Waals surface area contributed by atoms with E-state index in [9.17, 15) is 9.59 Å². The van der Waals surface area contributed by atoms with E-state index in [1.165, 1.54) is 0 Å². The third-order valence-corrected chi connectivity index (χ3v) is 5.99. The van der Waals surface area contributed by atoms with Crippen molar-refractivity contribution in [2.45, 2.75) is 38.5 Å². The van der Waals surface area contributed by atoms with Crippen LogP contribution >= 0.6 is 0 Å². The van der Waals surface area contributed by atoms with Crippen molar-refractivity contribution >= 4 is 22.7 Å². The fraction of sp³-hybridized carbons (Fsp3) is 0.240. The molecule has 2 aromatic heterocycles. The molecule has 3 N–H and O–H groups in total. The molecule has 1 aliphatic rings. The van der Waals surface area contributed by atoms with E-state index in [2.05, 4.69) is 20.9 Å². The third-order valence-electron chi connectivity index (χ3n) is 5.99. The van der Waals surface area contributed by atoms with Gasteiger partial charge in [-0.2, -0.15) is 5.10 Å². The highest BCUT2D eigenvalue weighted by Gasteiger charge is 2.25. The molecule has 0 radical (unpaired) electrons. The van der Waals surface area contributed by atoms with E-state index in [0.717, 1.165) is 65.5 Å². The minimum Gasteiger partial charge on any atom is -0.361 e. The first-order valence-corrected chi connectivity index (χ1v) is 11.0. The number of carbonyl (C=O) groups is 2. The predicted molar refractivity (Wildman–Crippen MR) is 122 cm³/mol. The average Bonchev–Trinajstić information content (AvgIpc) is 3.31. The Balaban J connectivity index is 1.33. The molecule has 0 fully saturated rings. The molecular formula is C25H25N5O2. The maximum atomic E-state index is 13.0. The van der Waals surface area contributed by atoms with Gasteiger partial charge in [0.05, 0.1) is 12.1 Å². The van der Waals surface area contributed by atoms with Gasteiger partial charge >= 0.3 is 0 Å². The Morgan fingerprint density at radius 2 is 1.72 bits per heavy atom. The number of carbonyl (C=O) groups excluding carboxylic acids is 2. The third kappa shape index (κ3) is 3.89. The van der Waals surface area contributed by atoms with Gasteiger partial charge in [-0.15, -0.1) is 0 Å². The number of hydrogen-bond donors (Lipinski definition) is 3. The van der Waals surface area contributed by atoms with Gasteiger partial charge in [0.25, 0.3) is 5.91 Å². The molecule has 0 aliphatic heterocycles. The summed E-state index contributed by atoms with van der Waals surface area (Å²) in [6, 6.07) is 17.7. The van der Waals surface area contributed by atoms with Crippen LogP contribution in [-0.2, 0) is 24.1 Å². The van der Waals surface area contributed by atoms with Crippen molar-refractivity contribution in [1.29, 1.82) is 0 Å². The molecule has 2 aromatic carbocycles. The molecule has 0 unspecified atom stereocenters. The number of H-pyrrole nitrogens is 1. The first-order valence-electron chi connectivity index (χ1n) is 11.0. The van der Waals surface area contributed by atoms with Crippen LogP contribution in [0.25, 0.3) is 16.6 Å². The summed E-state index contributed by atoms with van der Waals surface area (Å²) in [4.78, 5) is 28.6. The molecule has 0 saturated heterocycles. The van der Waals surface area contributed by atoms with Gasteiger partial charge in [0.2, 0.25) is 5.91 Å². The van der Waals surface area contributed by atoms with Crippen LogP contribution in [0.2, 0.25) is 0 Å². The number of aromatic amines is 1. The normalized spacial score (nSPS) is 13.4. The van der Waals surface area contributed by atoms with Crippen LogP contribution in [0.4, 0.5) is 0 Å². The lowest BCUT2D eigenvalue weighted by Gasteiger charge is -2.07. The van der Waals surface area contributed by atoms with Crippen molar-refractivity contribution in [3.05, 3.63) is 83.3 Å². The van der Waals surface area contributed by atoms with Crippen molar-refractivity contribution in [2.75, 3.05) is 0 Å². The van der Waals surface area contributed by atoms with Crippen LogP contribution in [0.3, 0.4) is 0 Å². The minimum atomic E-state index is -0.384. The lowest BCUT2D eigenvalue weighted by molar-refractivity contribution is -0.121. The average molecular weight is 428 g/mol. The summed E-state index contributed by atoms with van der Waals surface area (Å²) in [6.07, 6.45) is 6.93. The van der Waals surface area contributed by atoms with Crippen LogP contribution in [0, 0.1) is 0 Å². The molecule has 5 rings (SSSR count). The number of hydrogen-bond acceptors (Lipinski definition) is 3. The summed E-state index contributed by atoms with van der Waals surface area (Å²) >= 11 is 0. The molecule has 2 amide bonds. The number of nitrogens with one attached hydrogen (secondary N) is 3. The molecule has 32 heavy (non-hydrogen) atoms. The van der Waals surface area contributed by atoms with Crippen LogP contribution < -0.4 is 10.9 Å². The zero-order chi connectivity index (χ0) is 21.9. The molecule has 0 spiro atoms. The van der Waals surface area contributed by atoms with Crippen LogP contribution in [0.1, 0.15) is 46.6 Å². The fourth-order valence-corrected chi connectivity index (χ4v) is 4.42. The number of nitrogens with zero attached hydrogens (tertiary/aromatic N) is 2. The van der Waals surface area contributed by atoms with Gasteiger partial charge in [0.1, 0.15) is 0 Å². The molecule has 2 heterocycles. The number of amides is 2. The van der Waals surface area contributed by atoms with E-state index in [0.29, 0.717) is 5.69 Å². The first-order chi connectivity index (χ1) is 15.7. The topological polar surface area (TPSA) is 91.8 Å². The molecule has 7 heteroatoms. The molecular weight excluding hydrogens is 402 g/mol. The van der Waals surface area contributed by atoms with Gasteiger partial charge < -0.3 is 4.98 Å². The van der Waals surface area contributed by atoms with E-state index >= 15 is 0 Å². The number of aromatic nitrogens is 3. The second-order valence-corrected chi connectivity index (χ2v) is 8.12. The Labute approximate surface area is 185 Å². The van der Waals surface area contributed by atoms with E-state index in [1.54, 1.807) is 0 Å². The Kier molecular flexibility index (Phi) is 5.46. The number of para-hydroxylation sites is 2. The number of rotatable bonds is 4. The highest BCUT2D eigenvalue weighted by Crippen LogP contribution is 2.26. The van der Waals surface area contributed by atoms with Gasteiger partial charge in [-0.05, 0) is 49.4 Å². The maximum absolute atomic E-state index is 13.0. The second-order valence-electron chi connectivity index (χ2n) is 8.12. The van der Waals surface area contributed by atoms with Gasteiger partial charge in [-0.3, -0.25) is 20.4 Å². The molecule has 4 aromatic rings. The Morgan fingerprint density at radius 1 is 0.938 bits per heavy atom. The summed E-state index contributed by atoms with van der Waals surface area (Å²) in [5.41, 5.74) is 10.4. The van der Waals surface area contributed by atoms with Crippen LogP contribution in [-0.4, -0.2) is 26.6 Å². The fourth-order valence-electron chi connectivity index (χ4n) is 4.42. The Hall–Kier alpha value is -3.87. The van der Waals surface area contributed by atoms with Gasteiger partial charge in [-0.25, -0.2) is 4.68 Å². The van der Waals surface area contributed by atoms with Gasteiger partial charge in [-0.1, -0.05) is 42.8 Å². The van der Waals surface area contributed by atoms with Crippen molar-refractivity contribution < 1.29 is 9.59 Å². The van der Waals surface area contributed by atoms with Gasteiger partial charge in [0.15, 0.2) is 5.69 Å².